The van der Waals surface area contributed by atoms with E-state index in [0.717, 1.165) is 23.7 Å². The van der Waals surface area contributed by atoms with Gasteiger partial charge in [0, 0.05) is 18.3 Å². The average molecular weight is 362 g/mol. The molecule has 0 unspecified atom stereocenters. The van der Waals surface area contributed by atoms with Crippen LogP contribution < -0.4 is 10.6 Å². The van der Waals surface area contributed by atoms with E-state index in [4.69, 9.17) is 11.6 Å². The Bertz CT molecular complexity index is 497. The lowest BCUT2D eigenvalue weighted by molar-refractivity contribution is -0.125. The van der Waals surface area contributed by atoms with E-state index in [9.17, 15) is 4.79 Å². The standard InChI is InChI=1S/C13H18BrClN4O/c1-7(2)17-12(20)8-4-3-5-10(8)18-11-9(14)6-16-13(15)19-11/h6-8,10H,3-5H2,1-2H3,(H,17,20)(H,16,18,19)/t8-,10+/m0/s1. The third kappa shape index (κ3) is 3.82. The van der Waals surface area contributed by atoms with Gasteiger partial charge in [0.05, 0.1) is 10.4 Å². The van der Waals surface area contributed by atoms with E-state index in [2.05, 4.69) is 36.5 Å². The molecule has 0 aromatic carbocycles. The van der Waals surface area contributed by atoms with Gasteiger partial charge >= 0.3 is 0 Å². The van der Waals surface area contributed by atoms with E-state index < -0.39 is 0 Å². The number of hydrogen-bond donors (Lipinski definition) is 2. The van der Waals surface area contributed by atoms with Crippen molar-refractivity contribution in [1.82, 2.24) is 15.3 Å². The second-order valence-corrected chi connectivity index (χ2v) is 6.48. The summed E-state index contributed by atoms with van der Waals surface area (Å²) >= 11 is 9.20. The highest BCUT2D eigenvalue weighted by Gasteiger charge is 2.33. The SMILES string of the molecule is CC(C)NC(=O)[C@H]1CCC[C@H]1Nc1nc(Cl)ncc1Br. The maximum absolute atomic E-state index is 12.2. The average Bonchev–Trinajstić information content (AvgIpc) is 2.81. The molecule has 2 atom stereocenters. The van der Waals surface area contributed by atoms with Gasteiger partial charge in [0.2, 0.25) is 11.2 Å². The van der Waals surface area contributed by atoms with Gasteiger partial charge in [-0.1, -0.05) is 6.42 Å². The van der Waals surface area contributed by atoms with Crippen LogP contribution in [0.1, 0.15) is 33.1 Å². The fourth-order valence-corrected chi connectivity index (χ4v) is 2.90. The number of hydrogen-bond acceptors (Lipinski definition) is 4. The molecule has 0 spiro atoms. The van der Waals surface area contributed by atoms with Gasteiger partial charge in [-0.15, -0.1) is 0 Å². The Morgan fingerprint density at radius 3 is 2.95 bits per heavy atom. The molecule has 7 heteroatoms. The molecule has 0 saturated heterocycles. The van der Waals surface area contributed by atoms with Gasteiger partial charge < -0.3 is 10.6 Å². The number of nitrogens with one attached hydrogen (secondary N) is 2. The molecule has 1 aromatic rings. The number of rotatable bonds is 4. The zero-order chi connectivity index (χ0) is 14.7. The molecule has 2 rings (SSSR count). The summed E-state index contributed by atoms with van der Waals surface area (Å²) in [5.74, 6) is 0.712. The van der Waals surface area contributed by atoms with Crippen molar-refractivity contribution in [1.29, 1.82) is 0 Å². The topological polar surface area (TPSA) is 66.9 Å². The van der Waals surface area contributed by atoms with Gasteiger partial charge in [-0.2, -0.15) is 4.98 Å². The van der Waals surface area contributed by atoms with Crippen LogP contribution in [0, 0.1) is 5.92 Å². The minimum absolute atomic E-state index is 0.0296. The van der Waals surface area contributed by atoms with Crippen LogP contribution in [0.5, 0.6) is 0 Å². The first-order valence-corrected chi connectivity index (χ1v) is 7.89. The van der Waals surface area contributed by atoms with E-state index in [-0.39, 0.29) is 29.2 Å². The van der Waals surface area contributed by atoms with Crippen molar-refractivity contribution in [3.8, 4) is 0 Å². The maximum atomic E-state index is 12.2. The lowest BCUT2D eigenvalue weighted by Gasteiger charge is -2.22. The molecule has 0 aliphatic heterocycles. The van der Waals surface area contributed by atoms with E-state index in [1.54, 1.807) is 6.20 Å². The summed E-state index contributed by atoms with van der Waals surface area (Å²) in [5.41, 5.74) is 0. The van der Waals surface area contributed by atoms with Crippen molar-refractivity contribution >= 4 is 39.3 Å². The number of amides is 1. The Kier molecular flexibility index (Phi) is 5.21. The molecule has 0 radical (unpaired) electrons. The van der Waals surface area contributed by atoms with Crippen molar-refractivity contribution in [2.24, 2.45) is 5.92 Å². The summed E-state index contributed by atoms with van der Waals surface area (Å²) in [6, 6.07) is 0.236. The highest BCUT2D eigenvalue weighted by atomic mass is 79.9. The molecule has 1 amide bonds. The Hall–Kier alpha value is -0.880. The van der Waals surface area contributed by atoms with Crippen molar-refractivity contribution in [2.45, 2.75) is 45.2 Å². The first-order valence-electron chi connectivity index (χ1n) is 6.72. The molecule has 20 heavy (non-hydrogen) atoms. The van der Waals surface area contributed by atoms with Crippen LogP contribution in [0.2, 0.25) is 5.28 Å². The number of anilines is 1. The number of carbonyl (C=O) groups is 1. The highest BCUT2D eigenvalue weighted by Crippen LogP contribution is 2.30. The number of carbonyl (C=O) groups excluding carboxylic acids is 1. The summed E-state index contributed by atoms with van der Waals surface area (Å²) in [5, 5.41) is 6.48. The van der Waals surface area contributed by atoms with Crippen LogP contribution >= 0.6 is 27.5 Å². The summed E-state index contributed by atoms with van der Waals surface area (Å²) in [6.07, 6.45) is 4.48. The lowest BCUT2D eigenvalue weighted by Crippen LogP contribution is -2.41. The van der Waals surface area contributed by atoms with Crippen LogP contribution in [-0.4, -0.2) is 28.0 Å². The Balaban J connectivity index is 2.07. The summed E-state index contributed by atoms with van der Waals surface area (Å²) < 4.78 is 0.747. The monoisotopic (exact) mass is 360 g/mol. The first kappa shape index (κ1) is 15.5. The second-order valence-electron chi connectivity index (χ2n) is 5.29. The predicted octanol–water partition coefficient (Wildman–Crippen LogP) is 3.00. The van der Waals surface area contributed by atoms with E-state index in [0.29, 0.717) is 5.82 Å². The summed E-state index contributed by atoms with van der Waals surface area (Å²) in [7, 11) is 0. The molecule has 1 aromatic heterocycles. The van der Waals surface area contributed by atoms with Gasteiger partial charge in [-0.25, -0.2) is 4.98 Å². The van der Waals surface area contributed by atoms with Crippen LogP contribution in [0.25, 0.3) is 0 Å². The van der Waals surface area contributed by atoms with E-state index in [1.807, 2.05) is 13.8 Å². The van der Waals surface area contributed by atoms with Crippen molar-refractivity contribution in [3.05, 3.63) is 16.0 Å². The normalized spacial score (nSPS) is 22.1. The van der Waals surface area contributed by atoms with Crippen molar-refractivity contribution in [2.75, 3.05) is 5.32 Å². The molecule has 110 valence electrons. The van der Waals surface area contributed by atoms with Gasteiger partial charge in [0.15, 0.2) is 0 Å². The second kappa shape index (κ2) is 6.72. The van der Waals surface area contributed by atoms with Gasteiger partial charge in [-0.05, 0) is 54.2 Å². The molecule has 1 saturated carbocycles. The molecule has 1 aliphatic rings. The smallest absolute Gasteiger partial charge is 0.225 e. The van der Waals surface area contributed by atoms with Crippen LogP contribution in [0.3, 0.4) is 0 Å². The third-order valence-electron chi connectivity index (χ3n) is 3.32. The van der Waals surface area contributed by atoms with Gasteiger partial charge in [-0.3, -0.25) is 4.79 Å². The lowest BCUT2D eigenvalue weighted by atomic mass is 10.0. The fraction of sp³-hybridized carbons (Fsp3) is 0.615. The van der Waals surface area contributed by atoms with Gasteiger partial charge in [0.1, 0.15) is 5.82 Å². The zero-order valence-corrected chi connectivity index (χ0v) is 13.8. The maximum Gasteiger partial charge on any atom is 0.225 e. The number of aromatic nitrogens is 2. The Morgan fingerprint density at radius 1 is 1.50 bits per heavy atom. The largest absolute Gasteiger partial charge is 0.365 e. The summed E-state index contributed by atoms with van der Waals surface area (Å²) in [4.78, 5) is 20.2. The zero-order valence-electron chi connectivity index (χ0n) is 11.5. The Labute approximate surface area is 132 Å². The van der Waals surface area contributed by atoms with Crippen molar-refractivity contribution in [3.63, 3.8) is 0 Å². The Morgan fingerprint density at radius 2 is 2.25 bits per heavy atom. The third-order valence-corrected chi connectivity index (χ3v) is 4.08. The van der Waals surface area contributed by atoms with Crippen LogP contribution in [0.15, 0.2) is 10.7 Å². The van der Waals surface area contributed by atoms with E-state index >= 15 is 0 Å². The molecular formula is C13H18BrClN4O. The molecule has 1 fully saturated rings. The molecule has 2 N–H and O–H groups in total. The highest BCUT2D eigenvalue weighted by molar-refractivity contribution is 9.10. The quantitative estimate of drug-likeness (QED) is 0.809. The first-order chi connectivity index (χ1) is 9.47. The van der Waals surface area contributed by atoms with Gasteiger partial charge in [0.25, 0.3) is 0 Å². The molecule has 1 aliphatic carbocycles. The fourth-order valence-electron chi connectivity index (χ4n) is 2.46. The van der Waals surface area contributed by atoms with Crippen LogP contribution in [-0.2, 0) is 4.79 Å². The van der Waals surface area contributed by atoms with Crippen molar-refractivity contribution < 1.29 is 4.79 Å². The number of nitrogens with zero attached hydrogens (tertiary/aromatic N) is 2. The predicted molar refractivity (Wildman–Crippen MR) is 82.8 cm³/mol. The summed E-state index contributed by atoms with van der Waals surface area (Å²) in [6.45, 7) is 3.94. The minimum Gasteiger partial charge on any atom is -0.365 e. The van der Waals surface area contributed by atoms with Crippen LogP contribution in [0.4, 0.5) is 5.82 Å². The number of halogens is 2. The molecule has 1 heterocycles. The molecule has 5 nitrogen and oxygen atoms in total. The minimum atomic E-state index is -0.0296. The molecular weight excluding hydrogens is 344 g/mol. The van der Waals surface area contributed by atoms with E-state index in [1.165, 1.54) is 0 Å². The molecule has 0 bridgehead atoms.